The van der Waals surface area contributed by atoms with Crippen LogP contribution in [0.3, 0.4) is 0 Å². The molecule has 0 aromatic heterocycles. The summed E-state index contributed by atoms with van der Waals surface area (Å²) in [6.45, 7) is 0. The molecule has 3 rings (SSSR count). The van der Waals surface area contributed by atoms with Crippen LogP contribution in [0.2, 0.25) is 20.3 Å². The van der Waals surface area contributed by atoms with Gasteiger partial charge in [-0.25, -0.2) is 0 Å². The molecule has 4 unspecified atom stereocenters. The Morgan fingerprint density at radius 3 is 1.56 bits per heavy atom. The molecular weight excluding hydrogens is 524 g/mol. The first-order valence-electron chi connectivity index (χ1n) is 6.24. The topological polar surface area (TPSA) is 0 Å². The van der Waals surface area contributed by atoms with E-state index >= 15 is 0 Å². The first-order valence-corrected chi connectivity index (χ1v) is 14.5. The molecule has 3 saturated heterocycles. The summed E-state index contributed by atoms with van der Waals surface area (Å²) in [5.74, 6) is 2.83. The Balaban J connectivity index is 1.41. The summed E-state index contributed by atoms with van der Waals surface area (Å²) in [6.07, 6.45) is 2.76. The van der Waals surface area contributed by atoms with Gasteiger partial charge in [-0.1, -0.05) is 0 Å². The van der Waals surface area contributed by atoms with Crippen LogP contribution in [0.25, 0.3) is 0 Å². The molecule has 4 atom stereocenters. The van der Waals surface area contributed by atoms with Crippen molar-refractivity contribution in [3.8, 4) is 0 Å². The van der Waals surface area contributed by atoms with Crippen molar-refractivity contribution < 1.29 is 0 Å². The maximum atomic E-state index is 3.42. The zero-order chi connectivity index (χ0) is 12.5. The quantitative estimate of drug-likeness (QED) is 0.371. The minimum absolute atomic E-state index is 0.858. The molecule has 18 heavy (non-hydrogen) atoms. The van der Waals surface area contributed by atoms with E-state index in [2.05, 4.69) is 54.7 Å². The Morgan fingerprint density at radius 1 is 0.889 bits per heavy atom. The van der Waals surface area contributed by atoms with Gasteiger partial charge in [0.05, 0.1) is 0 Å². The van der Waals surface area contributed by atoms with Crippen molar-refractivity contribution in [1.29, 1.82) is 0 Å². The predicted octanol–water partition coefficient (Wildman–Crippen LogP) is 1.51. The number of rotatable bonds is 6. The summed E-state index contributed by atoms with van der Waals surface area (Å²) in [5.41, 5.74) is 0. The number of hydrogen-bond donors (Lipinski definition) is 0. The zero-order valence-corrected chi connectivity index (χ0v) is 18.5. The first kappa shape index (κ1) is 15.4. The van der Waals surface area contributed by atoms with Gasteiger partial charge in [0.1, 0.15) is 0 Å². The van der Waals surface area contributed by atoms with Crippen LogP contribution in [-0.2, 0) is 0 Å². The van der Waals surface area contributed by atoms with Gasteiger partial charge in [-0.3, -0.25) is 0 Å². The van der Waals surface area contributed by atoms with E-state index in [1.165, 1.54) is 35.0 Å². The van der Waals surface area contributed by atoms with Gasteiger partial charge >= 0.3 is 149 Å². The van der Waals surface area contributed by atoms with Crippen molar-refractivity contribution in [2.75, 3.05) is 11.5 Å². The first-order chi connectivity index (χ1) is 8.72. The third kappa shape index (κ3) is 4.77. The van der Waals surface area contributed by atoms with Crippen LogP contribution in [0.1, 0.15) is 12.8 Å². The summed E-state index contributed by atoms with van der Waals surface area (Å²) in [7, 11) is 0. The normalized spacial score (nSPS) is 38.2. The molecule has 0 spiro atoms. The molecule has 0 bridgehead atoms. The maximum absolute atomic E-state index is 3.42. The summed E-state index contributed by atoms with van der Waals surface area (Å²) < 4.78 is 3.45. The SMILES string of the molecule is [Se]=C(CC1CS1)C1C[Se]C(C(=[Se])CC2CS2)C[Se]1. The Kier molecular flexibility index (Phi) is 6.15. The number of hydrogen-bond acceptors (Lipinski definition) is 2. The van der Waals surface area contributed by atoms with E-state index in [1.54, 1.807) is 8.83 Å². The predicted molar refractivity (Wildman–Crippen MR) is 91.9 cm³/mol. The molecule has 3 aliphatic heterocycles. The van der Waals surface area contributed by atoms with Crippen molar-refractivity contribution in [2.45, 2.75) is 43.6 Å². The number of thioether (sulfide) groups is 2. The Morgan fingerprint density at radius 2 is 1.28 bits per heavy atom. The van der Waals surface area contributed by atoms with Gasteiger partial charge in [0.2, 0.25) is 0 Å². The van der Waals surface area contributed by atoms with E-state index in [-0.39, 0.29) is 0 Å². The van der Waals surface area contributed by atoms with Gasteiger partial charge in [-0.2, -0.15) is 0 Å². The molecule has 3 aliphatic rings. The fourth-order valence-electron chi connectivity index (χ4n) is 1.96. The second kappa shape index (κ2) is 7.19. The average Bonchev–Trinajstić information content (AvgIpc) is 3.25. The third-order valence-corrected chi connectivity index (χ3v) is 16.6. The van der Waals surface area contributed by atoms with Crippen LogP contribution >= 0.6 is 23.5 Å². The third-order valence-electron chi connectivity index (χ3n) is 3.28. The van der Waals surface area contributed by atoms with E-state index < -0.39 is 0 Å². The van der Waals surface area contributed by atoms with Gasteiger partial charge < -0.3 is 0 Å². The van der Waals surface area contributed by atoms with Crippen LogP contribution in [0.4, 0.5) is 0 Å². The molecular formula is C12H16S2Se4. The van der Waals surface area contributed by atoms with Crippen LogP contribution in [-0.4, -0.2) is 91.9 Å². The molecule has 0 nitrogen and oxygen atoms in total. The summed E-state index contributed by atoms with van der Waals surface area (Å²) >= 11 is 12.8. The summed E-state index contributed by atoms with van der Waals surface area (Å²) in [4.78, 5) is 1.97. The van der Waals surface area contributed by atoms with Crippen molar-refractivity contribution in [3.05, 3.63) is 0 Å². The molecule has 0 radical (unpaired) electrons. The molecule has 0 amide bonds. The molecule has 0 aromatic carbocycles. The molecule has 3 heterocycles. The monoisotopic (exact) mass is 544 g/mol. The fraction of sp³-hybridized carbons (Fsp3) is 0.833. The molecule has 100 valence electrons. The average molecular weight is 540 g/mol. The van der Waals surface area contributed by atoms with E-state index in [9.17, 15) is 0 Å². The standard InChI is InChI=1S/C12H16S2Se4/c15-9(1-7-3-13-7)11-5-18-12(6-17-11)10(16)2-8-4-14-8/h7-8,11-12H,1-6H2. The molecule has 6 heteroatoms. The van der Waals surface area contributed by atoms with E-state index in [0.29, 0.717) is 0 Å². The van der Waals surface area contributed by atoms with Gasteiger partial charge in [0.15, 0.2) is 0 Å². The summed E-state index contributed by atoms with van der Waals surface area (Å²) in [6, 6.07) is 0. The van der Waals surface area contributed by atoms with Gasteiger partial charge in [-0.15, -0.1) is 0 Å². The molecule has 3 fully saturated rings. The van der Waals surface area contributed by atoms with Crippen LogP contribution < -0.4 is 0 Å². The van der Waals surface area contributed by atoms with E-state index in [4.69, 9.17) is 0 Å². The van der Waals surface area contributed by atoms with Gasteiger partial charge in [-0.05, 0) is 0 Å². The minimum atomic E-state index is 0.858. The van der Waals surface area contributed by atoms with Gasteiger partial charge in [0, 0.05) is 0 Å². The van der Waals surface area contributed by atoms with Crippen molar-refractivity contribution in [1.82, 2.24) is 0 Å². The fourth-order valence-corrected chi connectivity index (χ4v) is 15.2. The second-order valence-corrected chi connectivity index (χ2v) is 14.9. The Labute approximate surface area is 147 Å². The van der Waals surface area contributed by atoms with Crippen LogP contribution in [0.15, 0.2) is 0 Å². The van der Waals surface area contributed by atoms with Crippen molar-refractivity contribution >= 4 is 93.4 Å². The molecule has 0 aliphatic carbocycles. The van der Waals surface area contributed by atoms with Gasteiger partial charge in [0.25, 0.3) is 0 Å². The Hall–Kier alpha value is 2.52. The summed E-state index contributed by atoms with van der Waals surface area (Å²) in [5, 5.41) is 4.99. The molecule has 0 saturated carbocycles. The Bertz CT molecular complexity index is 310. The van der Waals surface area contributed by atoms with E-state index in [1.807, 2.05) is 0 Å². The van der Waals surface area contributed by atoms with Crippen molar-refractivity contribution in [3.63, 3.8) is 0 Å². The molecule has 0 aromatic rings. The second-order valence-electron chi connectivity index (χ2n) is 4.90. The van der Waals surface area contributed by atoms with E-state index in [0.717, 1.165) is 50.0 Å². The van der Waals surface area contributed by atoms with Crippen molar-refractivity contribution in [2.24, 2.45) is 0 Å². The molecule has 0 N–H and O–H groups in total. The zero-order valence-electron chi connectivity index (χ0n) is 10.0. The van der Waals surface area contributed by atoms with Crippen LogP contribution in [0.5, 0.6) is 0 Å². The van der Waals surface area contributed by atoms with Crippen LogP contribution in [0, 0.1) is 0 Å².